The maximum Gasteiger partial charge on any atom is 0.0535 e. The van der Waals surface area contributed by atoms with E-state index in [9.17, 15) is 0 Å². The molecule has 0 amide bonds. The molecule has 10 aromatic carbocycles. The number of benzene rings is 10. The second-order valence-corrected chi connectivity index (χ2v) is 17.5. The van der Waals surface area contributed by atoms with Crippen molar-refractivity contribution >= 4 is 32.3 Å². The highest BCUT2D eigenvalue weighted by atomic mass is 15.0. The Morgan fingerprint density at radius 2 is 0.652 bits per heavy atom. The molecule has 0 aliphatic rings. The van der Waals surface area contributed by atoms with Crippen LogP contribution in [0, 0.1) is 13.8 Å². The second kappa shape index (κ2) is 16.3. The van der Waals surface area contributed by atoms with Crippen LogP contribution in [-0.4, -0.2) is 9.13 Å². The van der Waals surface area contributed by atoms with Crippen LogP contribution < -0.4 is 0 Å². The molecule has 66 heavy (non-hydrogen) atoms. The van der Waals surface area contributed by atoms with Crippen LogP contribution in [0.1, 0.15) is 11.1 Å². The van der Waals surface area contributed by atoms with Crippen molar-refractivity contribution in [2.75, 3.05) is 0 Å². The third-order valence-corrected chi connectivity index (χ3v) is 13.2. The van der Waals surface area contributed by atoms with Crippen LogP contribution in [0.4, 0.5) is 0 Å². The van der Waals surface area contributed by atoms with Crippen LogP contribution in [0.2, 0.25) is 0 Å². The summed E-state index contributed by atoms with van der Waals surface area (Å²) in [5, 5.41) is 7.30. The van der Waals surface area contributed by atoms with Gasteiger partial charge in [-0.1, -0.05) is 205 Å². The first-order valence-corrected chi connectivity index (χ1v) is 22.8. The van der Waals surface area contributed by atoms with E-state index in [1.165, 1.54) is 88.0 Å². The first-order valence-electron chi connectivity index (χ1n) is 22.8. The Kier molecular flexibility index (Phi) is 9.65. The van der Waals surface area contributed by atoms with E-state index in [1.54, 1.807) is 0 Å². The van der Waals surface area contributed by atoms with Crippen LogP contribution >= 0.6 is 0 Å². The summed E-state index contributed by atoms with van der Waals surface area (Å²) >= 11 is 0. The summed E-state index contributed by atoms with van der Waals surface area (Å²) in [4.78, 5) is 0. The van der Waals surface area contributed by atoms with Gasteiger partial charge in [0.1, 0.15) is 0 Å². The Hall–Kier alpha value is -8.46. The van der Waals surface area contributed by atoms with Crippen molar-refractivity contribution in [2.24, 2.45) is 0 Å². The molecule has 12 rings (SSSR count). The summed E-state index contributed by atoms with van der Waals surface area (Å²) in [6.07, 6.45) is 0. The Morgan fingerprint density at radius 3 is 1.12 bits per heavy atom. The number of fused-ring (bicyclic) bond motifs is 3. The molecule has 0 radical (unpaired) electrons. The summed E-state index contributed by atoms with van der Waals surface area (Å²) in [5.41, 5.74) is 18.9. The van der Waals surface area contributed by atoms with E-state index in [2.05, 4.69) is 266 Å². The molecule has 0 fully saturated rings. The quantitative estimate of drug-likeness (QED) is 0.135. The fraction of sp³-hybridized carbons (Fsp3) is 0.0312. The molecule has 0 N–H and O–H groups in total. The van der Waals surface area contributed by atoms with Gasteiger partial charge in [0.15, 0.2) is 0 Å². The van der Waals surface area contributed by atoms with Crippen molar-refractivity contribution in [3.05, 3.63) is 254 Å². The summed E-state index contributed by atoms with van der Waals surface area (Å²) in [6, 6.07) is 89.1. The van der Waals surface area contributed by atoms with Gasteiger partial charge >= 0.3 is 0 Å². The molecule has 0 unspecified atom stereocenters. The van der Waals surface area contributed by atoms with E-state index in [0.29, 0.717) is 0 Å². The van der Waals surface area contributed by atoms with Gasteiger partial charge in [-0.3, -0.25) is 0 Å². The van der Waals surface area contributed by atoms with Crippen molar-refractivity contribution in [3.63, 3.8) is 0 Å². The Bertz CT molecular complexity index is 3610. The molecule has 0 saturated heterocycles. The highest BCUT2D eigenvalue weighted by Crippen LogP contribution is 2.48. The molecule has 0 atom stereocenters. The number of rotatable bonds is 8. The maximum atomic E-state index is 2.46. The standard InChI is InChI=1S/C64H46N2/c1-43-38-44(2)40-50(39-43)63-55-32-30-52(66-61(48-23-11-5-12-24-48)36-37-62(66)49-25-13-6-14-26-49)42-58(55)64(54-29-17-27-45-18-15-16-28-53(45)54)56-33-31-51(41-57(56)63)65-59(46-19-7-3-8-20-46)34-35-60(65)47-21-9-4-10-22-47/h3-42H,1-2H3. The fourth-order valence-electron chi connectivity index (χ4n) is 10.4. The SMILES string of the molecule is Cc1cc(C)cc(-c2c3cc(-n4c(-c5ccccc5)ccc4-c4ccccc4)ccc3c(-c3cccc4ccccc34)c3cc(-n4c(-c5ccccc5)ccc4-c4ccccc4)ccc23)c1. The molecule has 2 heteroatoms. The molecular weight excluding hydrogens is 797 g/mol. The predicted octanol–water partition coefficient (Wildman–Crippen LogP) is 17.3. The Morgan fingerprint density at radius 1 is 0.258 bits per heavy atom. The van der Waals surface area contributed by atoms with Gasteiger partial charge in [-0.2, -0.15) is 0 Å². The Labute approximate surface area is 386 Å². The number of hydrogen-bond donors (Lipinski definition) is 0. The normalized spacial score (nSPS) is 11.5. The maximum absolute atomic E-state index is 2.46. The van der Waals surface area contributed by atoms with Gasteiger partial charge in [0, 0.05) is 11.4 Å². The monoisotopic (exact) mass is 842 g/mol. The van der Waals surface area contributed by atoms with E-state index in [0.717, 1.165) is 34.2 Å². The lowest BCUT2D eigenvalue weighted by Gasteiger charge is -2.23. The molecule has 0 saturated carbocycles. The van der Waals surface area contributed by atoms with E-state index in [1.807, 2.05) is 0 Å². The molecule has 12 aromatic rings. The van der Waals surface area contributed by atoms with Crippen molar-refractivity contribution in [1.82, 2.24) is 9.13 Å². The molecule has 2 nitrogen and oxygen atoms in total. The van der Waals surface area contributed by atoms with Crippen molar-refractivity contribution < 1.29 is 0 Å². The minimum Gasteiger partial charge on any atom is -0.309 e. The smallest absolute Gasteiger partial charge is 0.0535 e. The Balaban J connectivity index is 1.22. The van der Waals surface area contributed by atoms with Gasteiger partial charge in [-0.15, -0.1) is 0 Å². The van der Waals surface area contributed by atoms with Gasteiger partial charge in [0.2, 0.25) is 0 Å². The zero-order chi connectivity index (χ0) is 44.1. The van der Waals surface area contributed by atoms with Crippen LogP contribution in [0.5, 0.6) is 0 Å². The molecular formula is C64H46N2. The fourth-order valence-corrected chi connectivity index (χ4v) is 10.4. The highest BCUT2D eigenvalue weighted by molar-refractivity contribution is 6.24. The third kappa shape index (κ3) is 6.74. The van der Waals surface area contributed by atoms with E-state index < -0.39 is 0 Å². The predicted molar refractivity (Wildman–Crippen MR) is 280 cm³/mol. The van der Waals surface area contributed by atoms with Gasteiger partial charge in [0.25, 0.3) is 0 Å². The van der Waals surface area contributed by atoms with Gasteiger partial charge < -0.3 is 9.13 Å². The van der Waals surface area contributed by atoms with Crippen LogP contribution in [0.3, 0.4) is 0 Å². The molecule has 0 spiro atoms. The lowest BCUT2D eigenvalue weighted by atomic mass is 9.83. The first-order chi connectivity index (χ1) is 32.6. The van der Waals surface area contributed by atoms with E-state index in [4.69, 9.17) is 0 Å². The molecule has 0 bridgehead atoms. The lowest BCUT2D eigenvalue weighted by molar-refractivity contribution is 1.10. The zero-order valence-electron chi connectivity index (χ0n) is 37.0. The number of hydrogen-bond acceptors (Lipinski definition) is 0. The van der Waals surface area contributed by atoms with Gasteiger partial charge in [-0.05, 0) is 139 Å². The highest BCUT2D eigenvalue weighted by Gasteiger charge is 2.23. The minimum atomic E-state index is 1.11. The van der Waals surface area contributed by atoms with Gasteiger partial charge in [0.05, 0.1) is 22.8 Å². The number of nitrogens with zero attached hydrogens (tertiary/aromatic N) is 2. The van der Waals surface area contributed by atoms with E-state index >= 15 is 0 Å². The zero-order valence-corrected chi connectivity index (χ0v) is 37.0. The van der Waals surface area contributed by atoms with Gasteiger partial charge in [-0.25, -0.2) is 0 Å². The first kappa shape index (κ1) is 39.2. The van der Waals surface area contributed by atoms with Crippen LogP contribution in [0.25, 0.3) is 111 Å². The number of aryl methyl sites for hydroxylation is 2. The third-order valence-electron chi connectivity index (χ3n) is 13.2. The average molecular weight is 843 g/mol. The van der Waals surface area contributed by atoms with E-state index in [-0.39, 0.29) is 0 Å². The summed E-state index contributed by atoms with van der Waals surface area (Å²) in [7, 11) is 0. The molecule has 2 heterocycles. The second-order valence-electron chi connectivity index (χ2n) is 17.5. The van der Waals surface area contributed by atoms with Crippen molar-refractivity contribution in [1.29, 1.82) is 0 Å². The topological polar surface area (TPSA) is 9.86 Å². The summed E-state index contributed by atoms with van der Waals surface area (Å²) < 4.78 is 4.89. The summed E-state index contributed by atoms with van der Waals surface area (Å²) in [6.45, 7) is 4.44. The van der Waals surface area contributed by atoms with Crippen molar-refractivity contribution in [3.8, 4) is 78.7 Å². The minimum absolute atomic E-state index is 1.11. The van der Waals surface area contributed by atoms with Crippen LogP contribution in [-0.2, 0) is 0 Å². The molecule has 2 aromatic heterocycles. The largest absolute Gasteiger partial charge is 0.309 e. The van der Waals surface area contributed by atoms with Crippen molar-refractivity contribution in [2.45, 2.75) is 13.8 Å². The average Bonchev–Trinajstić information content (AvgIpc) is 4.02. The molecule has 0 aliphatic carbocycles. The number of aromatic nitrogens is 2. The molecule has 312 valence electrons. The molecule has 0 aliphatic heterocycles. The van der Waals surface area contributed by atoms with Crippen LogP contribution in [0.15, 0.2) is 243 Å². The summed E-state index contributed by atoms with van der Waals surface area (Å²) in [5.74, 6) is 0. The lowest BCUT2D eigenvalue weighted by Crippen LogP contribution is -2.02.